The number of rotatable bonds is 12. The number of aromatic nitrogens is 2. The monoisotopic (exact) mass is 491 g/mol. The van der Waals surface area contributed by atoms with Crippen LogP contribution in [-0.2, 0) is 10.0 Å². The molecule has 2 rings (SSSR count). The Balaban J connectivity index is 2.15. The van der Waals surface area contributed by atoms with Crippen LogP contribution in [0.25, 0.3) is 0 Å². The number of halogens is 2. The van der Waals surface area contributed by atoms with Crippen molar-refractivity contribution in [2.45, 2.75) is 50.7 Å². The molecule has 1 unspecified atom stereocenters. The molecule has 9 nitrogen and oxygen atoms in total. The van der Waals surface area contributed by atoms with Crippen molar-refractivity contribution >= 4 is 32.4 Å². The molecule has 180 valence electrons. The van der Waals surface area contributed by atoms with Gasteiger partial charge in [0.05, 0.1) is 5.69 Å². The molecule has 0 aliphatic rings. The first kappa shape index (κ1) is 26.3. The Hall–Kier alpha value is -1.93. The lowest BCUT2D eigenvalue weighted by molar-refractivity contribution is 0.173. The molecule has 1 heterocycles. The molecule has 0 aliphatic heterocycles. The Morgan fingerprint density at radius 3 is 2.34 bits per heavy atom. The van der Waals surface area contributed by atoms with E-state index in [9.17, 15) is 17.2 Å². The molecule has 0 bridgehead atoms. The van der Waals surface area contributed by atoms with Crippen LogP contribution in [0.2, 0.25) is 0 Å². The summed E-state index contributed by atoms with van der Waals surface area (Å²) in [6.07, 6.45) is 1.15. The molecule has 0 radical (unpaired) electrons. The topological polar surface area (TPSA) is 139 Å². The van der Waals surface area contributed by atoms with E-state index >= 15 is 0 Å². The van der Waals surface area contributed by atoms with E-state index in [0.717, 1.165) is 23.9 Å². The second-order valence-corrected chi connectivity index (χ2v) is 10.6. The largest absolute Gasteiger partial charge is 0.382 e. The molecule has 0 spiro atoms. The standard InChI is InChI=1S/C19H31F2N7O2S2/c1-11(2)28(8-12(3)22)9-14(13(4)23)7-24-17-5-16(21)18(6-15(17)20)32(29,30)27-19-25-10-26-31-19/h5-6,10-14,24H,7-9,22-23H2,1-4H3,(H,25,26,27)/t12-,13-,14?/m1/s1. The molecule has 0 aliphatic carbocycles. The number of nitrogens with two attached hydrogens (primary N) is 2. The third kappa shape index (κ3) is 7.30. The van der Waals surface area contributed by atoms with Crippen LogP contribution >= 0.6 is 11.5 Å². The smallest absolute Gasteiger partial charge is 0.266 e. The van der Waals surface area contributed by atoms with Crippen molar-refractivity contribution < 1.29 is 17.2 Å². The van der Waals surface area contributed by atoms with Crippen molar-refractivity contribution in [3.63, 3.8) is 0 Å². The van der Waals surface area contributed by atoms with E-state index in [2.05, 4.69) is 38.1 Å². The lowest BCUT2D eigenvalue weighted by atomic mass is 10.00. The lowest BCUT2D eigenvalue weighted by Gasteiger charge is -2.33. The van der Waals surface area contributed by atoms with Gasteiger partial charge in [0.25, 0.3) is 10.0 Å². The Kier molecular flexibility index (Phi) is 9.28. The van der Waals surface area contributed by atoms with Crippen molar-refractivity contribution in [1.29, 1.82) is 0 Å². The van der Waals surface area contributed by atoms with Crippen LogP contribution in [0.1, 0.15) is 27.7 Å². The fourth-order valence-electron chi connectivity index (χ4n) is 3.08. The van der Waals surface area contributed by atoms with Crippen molar-refractivity contribution in [3.8, 4) is 0 Å². The van der Waals surface area contributed by atoms with E-state index in [1.807, 2.05) is 13.8 Å². The summed E-state index contributed by atoms with van der Waals surface area (Å²) in [5.41, 5.74) is 11.9. The summed E-state index contributed by atoms with van der Waals surface area (Å²) in [7, 11) is -4.36. The summed E-state index contributed by atoms with van der Waals surface area (Å²) in [5, 5.41) is 2.82. The van der Waals surface area contributed by atoms with Crippen molar-refractivity contribution in [2.75, 3.05) is 29.7 Å². The molecule has 3 atom stereocenters. The van der Waals surface area contributed by atoms with Gasteiger partial charge in [-0.1, -0.05) is 0 Å². The minimum atomic E-state index is -4.36. The van der Waals surface area contributed by atoms with Gasteiger partial charge in [-0.25, -0.2) is 22.2 Å². The Morgan fingerprint density at radius 2 is 1.81 bits per heavy atom. The molecule has 1 aromatic heterocycles. The predicted molar refractivity (Wildman–Crippen MR) is 123 cm³/mol. The van der Waals surface area contributed by atoms with Gasteiger partial charge in [0.1, 0.15) is 22.9 Å². The fourth-order valence-corrected chi connectivity index (χ4v) is 4.82. The number of hydrogen-bond acceptors (Lipinski definition) is 9. The first-order chi connectivity index (χ1) is 14.9. The van der Waals surface area contributed by atoms with E-state index in [1.165, 1.54) is 0 Å². The van der Waals surface area contributed by atoms with Crippen LogP contribution in [0, 0.1) is 17.6 Å². The van der Waals surface area contributed by atoms with E-state index in [4.69, 9.17) is 11.5 Å². The van der Waals surface area contributed by atoms with Gasteiger partial charge < -0.3 is 16.8 Å². The fraction of sp³-hybridized carbons (Fsp3) is 0.579. The molecule has 32 heavy (non-hydrogen) atoms. The zero-order valence-electron chi connectivity index (χ0n) is 18.5. The van der Waals surface area contributed by atoms with Gasteiger partial charge in [-0.2, -0.15) is 4.37 Å². The summed E-state index contributed by atoms with van der Waals surface area (Å²) in [6, 6.07) is 1.46. The van der Waals surface area contributed by atoms with Crippen LogP contribution in [0.5, 0.6) is 0 Å². The van der Waals surface area contributed by atoms with Crippen LogP contribution in [0.15, 0.2) is 23.4 Å². The second kappa shape index (κ2) is 11.3. The molecule has 0 saturated carbocycles. The van der Waals surface area contributed by atoms with Gasteiger partial charge in [-0.3, -0.25) is 9.62 Å². The van der Waals surface area contributed by atoms with Crippen LogP contribution in [-0.4, -0.2) is 60.4 Å². The average Bonchev–Trinajstić information content (AvgIpc) is 3.17. The molecule has 0 fully saturated rings. The normalized spacial score (nSPS) is 15.1. The summed E-state index contributed by atoms with van der Waals surface area (Å²) in [6.45, 7) is 9.44. The summed E-state index contributed by atoms with van der Waals surface area (Å²) in [5.74, 6) is -2.08. The molecule has 13 heteroatoms. The highest BCUT2D eigenvalue weighted by molar-refractivity contribution is 7.93. The lowest BCUT2D eigenvalue weighted by Crippen LogP contribution is -2.47. The second-order valence-electron chi connectivity index (χ2n) is 8.14. The Labute approximate surface area is 191 Å². The van der Waals surface area contributed by atoms with Crippen LogP contribution < -0.4 is 21.5 Å². The van der Waals surface area contributed by atoms with E-state index < -0.39 is 26.6 Å². The summed E-state index contributed by atoms with van der Waals surface area (Å²) < 4.78 is 59.7. The highest BCUT2D eigenvalue weighted by atomic mass is 32.2. The highest BCUT2D eigenvalue weighted by Gasteiger charge is 2.25. The predicted octanol–water partition coefficient (Wildman–Crippen LogP) is 2.05. The van der Waals surface area contributed by atoms with E-state index in [0.29, 0.717) is 19.2 Å². The molecule has 0 saturated heterocycles. The zero-order chi connectivity index (χ0) is 24.1. The number of hydrogen-bond donors (Lipinski definition) is 4. The first-order valence-electron chi connectivity index (χ1n) is 10.2. The average molecular weight is 492 g/mol. The van der Waals surface area contributed by atoms with Crippen molar-refractivity contribution in [2.24, 2.45) is 17.4 Å². The minimum Gasteiger partial charge on any atom is -0.382 e. The van der Waals surface area contributed by atoms with Crippen LogP contribution in [0.3, 0.4) is 0 Å². The third-order valence-electron chi connectivity index (χ3n) is 4.91. The molecule has 1 aromatic carbocycles. The van der Waals surface area contributed by atoms with Gasteiger partial charge in [0.15, 0.2) is 0 Å². The van der Waals surface area contributed by atoms with Gasteiger partial charge >= 0.3 is 0 Å². The molecule has 0 amide bonds. The number of benzene rings is 1. The van der Waals surface area contributed by atoms with E-state index in [-0.39, 0.29) is 41.4 Å². The Morgan fingerprint density at radius 1 is 1.12 bits per heavy atom. The Bertz CT molecular complexity index is 970. The minimum absolute atomic E-state index is 0.0195. The maximum atomic E-state index is 14.6. The maximum absolute atomic E-state index is 14.6. The molecular formula is C19H31F2N7O2S2. The van der Waals surface area contributed by atoms with Gasteiger partial charge in [0, 0.05) is 61.3 Å². The summed E-state index contributed by atoms with van der Waals surface area (Å²) >= 11 is 0.778. The van der Waals surface area contributed by atoms with Crippen LogP contribution in [0.4, 0.5) is 19.6 Å². The van der Waals surface area contributed by atoms with Crippen molar-refractivity contribution in [1.82, 2.24) is 14.3 Å². The van der Waals surface area contributed by atoms with Crippen molar-refractivity contribution in [3.05, 3.63) is 30.1 Å². The molecule has 2 aromatic rings. The molecular weight excluding hydrogens is 460 g/mol. The third-order valence-corrected chi connectivity index (χ3v) is 6.98. The van der Waals surface area contributed by atoms with E-state index in [1.54, 1.807) is 0 Å². The highest BCUT2D eigenvalue weighted by Crippen LogP contribution is 2.25. The first-order valence-corrected chi connectivity index (χ1v) is 12.4. The van der Waals surface area contributed by atoms with Gasteiger partial charge in [-0.05, 0) is 33.8 Å². The SMILES string of the molecule is CC(C)N(CC(CNc1cc(F)c(S(=O)(=O)Nc2ncns2)cc1F)[C@@H](C)N)C[C@@H](C)N. The number of sulfonamides is 1. The number of nitrogens with zero attached hydrogens (tertiary/aromatic N) is 3. The molecule has 6 N–H and O–H groups in total. The number of nitrogens with one attached hydrogen (secondary N) is 2. The quantitative estimate of drug-likeness (QED) is 0.354. The van der Waals surface area contributed by atoms with Gasteiger partial charge in [0.2, 0.25) is 5.13 Å². The maximum Gasteiger partial charge on any atom is 0.266 e. The van der Waals surface area contributed by atoms with Gasteiger partial charge in [-0.15, -0.1) is 0 Å². The summed E-state index contributed by atoms with van der Waals surface area (Å²) in [4.78, 5) is 5.05. The number of anilines is 2. The zero-order valence-corrected chi connectivity index (χ0v) is 20.2.